The highest BCUT2D eigenvalue weighted by molar-refractivity contribution is 5.80. The lowest BCUT2D eigenvalue weighted by Gasteiger charge is -2.13. The summed E-state index contributed by atoms with van der Waals surface area (Å²) in [6, 6.07) is 0. The first kappa shape index (κ1) is 12.2. The minimum absolute atomic E-state index is 0.0204. The Morgan fingerprint density at radius 1 is 1.50 bits per heavy atom. The number of aromatic nitrogens is 4. The van der Waals surface area contributed by atoms with E-state index >= 15 is 0 Å². The largest absolute Gasteiger partial charge is 0.467 e. The third-order valence-corrected chi connectivity index (χ3v) is 2.42. The zero-order valence-corrected chi connectivity index (χ0v) is 9.25. The Morgan fingerprint density at radius 3 is 2.89 bits per heavy atom. The number of esters is 1. The minimum atomic E-state index is -1.82. The van der Waals surface area contributed by atoms with E-state index in [-0.39, 0.29) is 16.7 Å². The van der Waals surface area contributed by atoms with Gasteiger partial charge in [0.25, 0.3) is 5.56 Å². The molecule has 0 amide bonds. The standard InChI is InChI=1S/C9H10N4O5/c1-18-9(17)6(15)5(14)4-3-7(13-12-4)10-2-11-8(3)16/h2,5-6,14-15H,1H3,(H2,10,11,12,13,16). The molecular weight excluding hydrogens is 244 g/mol. The molecule has 0 fully saturated rings. The van der Waals surface area contributed by atoms with Gasteiger partial charge in [0.15, 0.2) is 11.8 Å². The third-order valence-electron chi connectivity index (χ3n) is 2.42. The number of carbonyl (C=O) groups excluding carboxylic acids is 1. The average molecular weight is 254 g/mol. The highest BCUT2D eigenvalue weighted by Gasteiger charge is 2.30. The summed E-state index contributed by atoms with van der Waals surface area (Å²) in [5.41, 5.74) is -0.568. The summed E-state index contributed by atoms with van der Waals surface area (Å²) in [4.78, 5) is 28.7. The van der Waals surface area contributed by atoms with Crippen LogP contribution in [0.4, 0.5) is 0 Å². The summed E-state index contributed by atoms with van der Waals surface area (Å²) in [5, 5.41) is 25.3. The fourth-order valence-corrected chi connectivity index (χ4v) is 1.51. The van der Waals surface area contributed by atoms with Crippen molar-refractivity contribution in [3.05, 3.63) is 22.4 Å². The number of fused-ring (bicyclic) bond motifs is 1. The number of rotatable bonds is 3. The van der Waals surface area contributed by atoms with Crippen LogP contribution in [0.25, 0.3) is 11.0 Å². The maximum absolute atomic E-state index is 11.6. The number of hydrogen-bond donors (Lipinski definition) is 4. The molecule has 2 aromatic heterocycles. The molecular formula is C9H10N4O5. The molecule has 18 heavy (non-hydrogen) atoms. The monoisotopic (exact) mass is 254 g/mol. The normalized spacial score (nSPS) is 14.4. The Labute approximate surface area is 99.4 Å². The molecule has 0 radical (unpaired) electrons. The molecule has 96 valence electrons. The van der Waals surface area contributed by atoms with Crippen molar-refractivity contribution < 1.29 is 19.7 Å². The zero-order valence-electron chi connectivity index (χ0n) is 9.25. The van der Waals surface area contributed by atoms with E-state index in [2.05, 4.69) is 24.9 Å². The second-order valence-corrected chi connectivity index (χ2v) is 3.48. The summed E-state index contributed by atoms with van der Waals surface area (Å²) in [7, 11) is 1.07. The van der Waals surface area contributed by atoms with E-state index in [1.54, 1.807) is 0 Å². The molecule has 2 unspecified atom stereocenters. The van der Waals surface area contributed by atoms with Crippen LogP contribution in [0.15, 0.2) is 11.1 Å². The number of H-pyrrole nitrogens is 2. The first-order chi connectivity index (χ1) is 8.56. The predicted molar refractivity (Wildman–Crippen MR) is 57.5 cm³/mol. The second kappa shape index (κ2) is 4.55. The highest BCUT2D eigenvalue weighted by atomic mass is 16.5. The molecule has 0 aromatic carbocycles. The fourth-order valence-electron chi connectivity index (χ4n) is 1.51. The summed E-state index contributed by atoms with van der Waals surface area (Å²) < 4.78 is 4.29. The van der Waals surface area contributed by atoms with E-state index < -0.39 is 23.7 Å². The number of hydrogen-bond acceptors (Lipinski definition) is 7. The summed E-state index contributed by atoms with van der Waals surface area (Å²) in [5.74, 6) is -1.02. The van der Waals surface area contributed by atoms with Gasteiger partial charge in [0.05, 0.1) is 19.1 Å². The van der Waals surface area contributed by atoms with Gasteiger partial charge in [-0.15, -0.1) is 0 Å². The molecule has 2 atom stereocenters. The Morgan fingerprint density at radius 2 is 2.22 bits per heavy atom. The number of nitrogens with zero attached hydrogens (tertiary/aromatic N) is 2. The molecule has 0 aliphatic rings. The number of aliphatic hydroxyl groups excluding tert-OH is 2. The van der Waals surface area contributed by atoms with Gasteiger partial charge in [-0.2, -0.15) is 5.10 Å². The Kier molecular flexibility index (Phi) is 3.08. The van der Waals surface area contributed by atoms with E-state index in [1.807, 2.05) is 0 Å². The Bertz CT molecular complexity index is 633. The van der Waals surface area contributed by atoms with Crippen LogP contribution in [0.1, 0.15) is 11.8 Å². The van der Waals surface area contributed by atoms with Crippen LogP contribution in [0, 0.1) is 0 Å². The van der Waals surface area contributed by atoms with Crippen molar-refractivity contribution in [2.45, 2.75) is 12.2 Å². The third kappa shape index (κ3) is 1.85. The van der Waals surface area contributed by atoms with Gasteiger partial charge in [0, 0.05) is 0 Å². The van der Waals surface area contributed by atoms with Gasteiger partial charge in [0.2, 0.25) is 0 Å². The van der Waals surface area contributed by atoms with E-state index in [0.29, 0.717) is 0 Å². The van der Waals surface area contributed by atoms with Crippen molar-refractivity contribution in [3.63, 3.8) is 0 Å². The Hall–Kier alpha value is -2.26. The number of ether oxygens (including phenoxy) is 1. The van der Waals surface area contributed by atoms with Crippen LogP contribution in [0.2, 0.25) is 0 Å². The van der Waals surface area contributed by atoms with E-state index in [9.17, 15) is 19.8 Å². The molecule has 0 saturated carbocycles. The SMILES string of the molecule is COC(=O)C(O)C(O)c1[nH]nc2nc[nH]c(=O)c12. The summed E-state index contributed by atoms with van der Waals surface area (Å²) in [6.07, 6.45) is -2.33. The zero-order chi connectivity index (χ0) is 13.3. The minimum Gasteiger partial charge on any atom is -0.467 e. The van der Waals surface area contributed by atoms with Crippen molar-refractivity contribution in [1.82, 2.24) is 20.2 Å². The molecule has 0 aliphatic heterocycles. The lowest BCUT2D eigenvalue weighted by Crippen LogP contribution is -2.29. The molecule has 0 aliphatic carbocycles. The molecule has 2 aromatic rings. The van der Waals surface area contributed by atoms with Crippen molar-refractivity contribution >= 4 is 17.0 Å². The van der Waals surface area contributed by atoms with Crippen LogP contribution < -0.4 is 5.56 Å². The maximum Gasteiger partial charge on any atom is 0.337 e. The number of aromatic amines is 2. The Balaban J connectivity index is 2.49. The van der Waals surface area contributed by atoms with E-state index in [1.165, 1.54) is 0 Å². The lowest BCUT2D eigenvalue weighted by molar-refractivity contribution is -0.156. The molecule has 0 bridgehead atoms. The van der Waals surface area contributed by atoms with Gasteiger partial charge in [-0.1, -0.05) is 0 Å². The summed E-state index contributed by atoms with van der Waals surface area (Å²) in [6.45, 7) is 0. The maximum atomic E-state index is 11.6. The summed E-state index contributed by atoms with van der Waals surface area (Å²) >= 11 is 0. The second-order valence-electron chi connectivity index (χ2n) is 3.48. The van der Waals surface area contributed by atoms with Crippen molar-refractivity contribution in [3.8, 4) is 0 Å². The molecule has 2 rings (SSSR count). The van der Waals surface area contributed by atoms with Gasteiger partial charge in [-0.25, -0.2) is 9.78 Å². The first-order valence-electron chi connectivity index (χ1n) is 4.92. The van der Waals surface area contributed by atoms with Gasteiger partial charge >= 0.3 is 5.97 Å². The van der Waals surface area contributed by atoms with Gasteiger partial charge in [-0.3, -0.25) is 9.89 Å². The van der Waals surface area contributed by atoms with Crippen LogP contribution in [0.3, 0.4) is 0 Å². The predicted octanol–water partition coefficient (Wildman–Crippen LogP) is -1.79. The van der Waals surface area contributed by atoms with Crippen LogP contribution in [-0.2, 0) is 9.53 Å². The molecule has 4 N–H and O–H groups in total. The number of carbonyl (C=O) groups is 1. The van der Waals surface area contributed by atoms with Crippen LogP contribution in [0.5, 0.6) is 0 Å². The highest BCUT2D eigenvalue weighted by Crippen LogP contribution is 2.20. The number of methoxy groups -OCH3 is 1. The smallest absolute Gasteiger partial charge is 0.337 e. The van der Waals surface area contributed by atoms with Gasteiger partial charge in [0.1, 0.15) is 11.5 Å². The van der Waals surface area contributed by atoms with Gasteiger partial charge in [-0.05, 0) is 0 Å². The molecule has 0 spiro atoms. The van der Waals surface area contributed by atoms with Crippen LogP contribution >= 0.6 is 0 Å². The molecule has 2 heterocycles. The molecule has 9 nitrogen and oxygen atoms in total. The van der Waals surface area contributed by atoms with Crippen molar-refractivity contribution in [2.24, 2.45) is 0 Å². The quantitative estimate of drug-likeness (QED) is 0.474. The van der Waals surface area contributed by atoms with E-state index in [4.69, 9.17) is 0 Å². The van der Waals surface area contributed by atoms with Crippen molar-refractivity contribution in [2.75, 3.05) is 7.11 Å². The molecule has 9 heteroatoms. The fraction of sp³-hybridized carbons (Fsp3) is 0.333. The van der Waals surface area contributed by atoms with Crippen LogP contribution in [-0.4, -0.2) is 49.6 Å². The lowest BCUT2D eigenvalue weighted by atomic mass is 10.1. The number of aliphatic hydroxyl groups is 2. The molecule has 0 saturated heterocycles. The van der Waals surface area contributed by atoms with E-state index in [0.717, 1.165) is 13.4 Å². The average Bonchev–Trinajstić information content (AvgIpc) is 2.81. The number of nitrogens with one attached hydrogen (secondary N) is 2. The van der Waals surface area contributed by atoms with Crippen molar-refractivity contribution in [1.29, 1.82) is 0 Å². The first-order valence-corrected chi connectivity index (χ1v) is 4.92. The van der Waals surface area contributed by atoms with Gasteiger partial charge < -0.3 is 19.9 Å². The topological polar surface area (TPSA) is 141 Å².